The summed E-state index contributed by atoms with van der Waals surface area (Å²) in [5.74, 6) is 0.00792. The molecular formula is C21H23N3O3. The highest BCUT2D eigenvalue weighted by molar-refractivity contribution is 6.00. The third-order valence-electron chi connectivity index (χ3n) is 4.63. The van der Waals surface area contributed by atoms with Gasteiger partial charge in [-0.25, -0.2) is 5.43 Å². The molecule has 1 heterocycles. The SMILES string of the molecule is CCc1ccc(N2CC(C(=O)NN=Cc3cccc(OC)c3)CC2=O)cc1. The van der Waals surface area contributed by atoms with Crippen LogP contribution in [0.2, 0.25) is 0 Å². The average Bonchev–Trinajstić information content (AvgIpc) is 3.10. The predicted molar refractivity (Wildman–Crippen MR) is 105 cm³/mol. The van der Waals surface area contributed by atoms with Crippen LogP contribution in [-0.4, -0.2) is 31.7 Å². The Morgan fingerprint density at radius 1 is 1.30 bits per heavy atom. The number of methoxy groups -OCH3 is 1. The Balaban J connectivity index is 1.59. The van der Waals surface area contributed by atoms with Crippen LogP contribution in [0.1, 0.15) is 24.5 Å². The van der Waals surface area contributed by atoms with Crippen LogP contribution in [0.4, 0.5) is 5.69 Å². The van der Waals surface area contributed by atoms with Gasteiger partial charge in [-0.3, -0.25) is 9.59 Å². The normalized spacial score (nSPS) is 16.7. The van der Waals surface area contributed by atoms with E-state index in [1.807, 2.05) is 48.5 Å². The topological polar surface area (TPSA) is 71.0 Å². The summed E-state index contributed by atoms with van der Waals surface area (Å²) in [5, 5.41) is 4.00. The maximum atomic E-state index is 12.4. The van der Waals surface area contributed by atoms with Gasteiger partial charge >= 0.3 is 0 Å². The summed E-state index contributed by atoms with van der Waals surface area (Å²) < 4.78 is 5.15. The minimum absolute atomic E-state index is 0.0452. The molecule has 1 aliphatic heterocycles. The fourth-order valence-electron chi connectivity index (χ4n) is 3.03. The minimum atomic E-state index is -0.411. The van der Waals surface area contributed by atoms with Crippen LogP contribution in [0.3, 0.4) is 0 Å². The van der Waals surface area contributed by atoms with E-state index in [0.29, 0.717) is 6.54 Å². The van der Waals surface area contributed by atoms with Crippen LogP contribution in [0.25, 0.3) is 0 Å². The number of carbonyl (C=O) groups is 2. The first-order chi connectivity index (χ1) is 13.1. The third-order valence-corrected chi connectivity index (χ3v) is 4.63. The minimum Gasteiger partial charge on any atom is -0.497 e. The van der Waals surface area contributed by atoms with E-state index in [2.05, 4.69) is 17.5 Å². The Morgan fingerprint density at radius 2 is 2.07 bits per heavy atom. The molecule has 6 nitrogen and oxygen atoms in total. The quantitative estimate of drug-likeness (QED) is 0.632. The predicted octanol–water partition coefficient (Wildman–Crippen LogP) is 2.76. The Hall–Kier alpha value is -3.15. The van der Waals surface area contributed by atoms with Gasteiger partial charge in [0.15, 0.2) is 0 Å². The summed E-state index contributed by atoms with van der Waals surface area (Å²) in [6.45, 7) is 2.45. The van der Waals surface area contributed by atoms with E-state index in [9.17, 15) is 9.59 Å². The number of hydrogen-bond acceptors (Lipinski definition) is 4. The molecule has 2 aromatic carbocycles. The summed E-state index contributed by atoms with van der Waals surface area (Å²) in [7, 11) is 1.59. The highest BCUT2D eigenvalue weighted by Crippen LogP contribution is 2.25. The van der Waals surface area contributed by atoms with Gasteiger partial charge in [-0.1, -0.05) is 31.2 Å². The second-order valence-electron chi connectivity index (χ2n) is 6.44. The van der Waals surface area contributed by atoms with Crippen molar-refractivity contribution in [1.82, 2.24) is 5.43 Å². The van der Waals surface area contributed by atoms with Crippen molar-refractivity contribution in [1.29, 1.82) is 0 Å². The molecule has 0 spiro atoms. The van der Waals surface area contributed by atoms with Crippen molar-refractivity contribution in [3.63, 3.8) is 0 Å². The molecule has 2 aromatic rings. The molecule has 0 bridgehead atoms. The Morgan fingerprint density at radius 3 is 2.78 bits per heavy atom. The Bertz CT molecular complexity index is 846. The molecule has 1 atom stereocenters. The Kier molecular flexibility index (Phi) is 5.86. The summed E-state index contributed by atoms with van der Waals surface area (Å²) in [6, 6.07) is 15.2. The number of nitrogens with one attached hydrogen (secondary N) is 1. The Labute approximate surface area is 158 Å². The lowest BCUT2D eigenvalue weighted by Gasteiger charge is -2.16. The monoisotopic (exact) mass is 365 g/mol. The standard InChI is InChI=1S/C21H23N3O3/c1-3-15-7-9-18(10-8-15)24-14-17(12-20(24)25)21(26)23-22-13-16-5-4-6-19(11-16)27-2/h4-11,13,17H,3,12,14H2,1-2H3,(H,23,26). The van der Waals surface area contributed by atoms with Crippen molar-refractivity contribution in [2.24, 2.45) is 11.0 Å². The molecule has 1 fully saturated rings. The van der Waals surface area contributed by atoms with Gasteiger partial charge in [0.05, 0.1) is 19.2 Å². The van der Waals surface area contributed by atoms with Crippen molar-refractivity contribution in [2.45, 2.75) is 19.8 Å². The number of hydrogen-bond donors (Lipinski definition) is 1. The van der Waals surface area contributed by atoms with Crippen LogP contribution < -0.4 is 15.1 Å². The summed E-state index contributed by atoms with van der Waals surface area (Å²) >= 11 is 0. The lowest BCUT2D eigenvalue weighted by atomic mass is 10.1. The number of aryl methyl sites for hydroxylation is 1. The van der Waals surface area contributed by atoms with Gasteiger partial charge in [0.1, 0.15) is 5.75 Å². The zero-order chi connectivity index (χ0) is 19.2. The van der Waals surface area contributed by atoms with Gasteiger partial charge in [0, 0.05) is 18.7 Å². The second kappa shape index (κ2) is 8.49. The van der Waals surface area contributed by atoms with Crippen LogP contribution in [0, 0.1) is 5.92 Å². The molecule has 140 valence electrons. The molecule has 0 radical (unpaired) electrons. The highest BCUT2D eigenvalue weighted by Gasteiger charge is 2.35. The number of ether oxygens (including phenoxy) is 1. The number of benzene rings is 2. The van der Waals surface area contributed by atoms with Gasteiger partial charge in [0.25, 0.3) is 0 Å². The number of rotatable bonds is 6. The summed E-state index contributed by atoms with van der Waals surface area (Å²) in [5.41, 5.74) is 5.39. The van der Waals surface area contributed by atoms with E-state index in [4.69, 9.17) is 4.74 Å². The number of amides is 2. The molecular weight excluding hydrogens is 342 g/mol. The smallest absolute Gasteiger partial charge is 0.245 e. The highest BCUT2D eigenvalue weighted by atomic mass is 16.5. The number of hydrazone groups is 1. The van der Waals surface area contributed by atoms with Crippen LogP contribution in [0.5, 0.6) is 5.75 Å². The first-order valence-corrected chi connectivity index (χ1v) is 8.97. The molecule has 0 aliphatic carbocycles. The number of nitrogens with zero attached hydrogens (tertiary/aromatic N) is 2. The van der Waals surface area contributed by atoms with Crippen molar-refractivity contribution < 1.29 is 14.3 Å². The maximum Gasteiger partial charge on any atom is 0.245 e. The zero-order valence-corrected chi connectivity index (χ0v) is 15.5. The molecule has 1 N–H and O–H groups in total. The van der Waals surface area contributed by atoms with Crippen LogP contribution >= 0.6 is 0 Å². The van der Waals surface area contributed by atoms with E-state index in [1.165, 1.54) is 5.56 Å². The molecule has 1 saturated heterocycles. The third kappa shape index (κ3) is 4.53. The molecule has 0 aromatic heterocycles. The largest absolute Gasteiger partial charge is 0.497 e. The summed E-state index contributed by atoms with van der Waals surface area (Å²) in [4.78, 5) is 26.3. The number of anilines is 1. The van der Waals surface area contributed by atoms with E-state index in [0.717, 1.165) is 23.4 Å². The molecule has 6 heteroatoms. The molecule has 27 heavy (non-hydrogen) atoms. The zero-order valence-electron chi connectivity index (χ0n) is 15.5. The van der Waals surface area contributed by atoms with Crippen LogP contribution in [0.15, 0.2) is 53.6 Å². The fourth-order valence-corrected chi connectivity index (χ4v) is 3.03. The van der Waals surface area contributed by atoms with Gasteiger partial charge in [0.2, 0.25) is 11.8 Å². The van der Waals surface area contributed by atoms with Gasteiger partial charge in [-0.05, 0) is 41.8 Å². The van der Waals surface area contributed by atoms with E-state index < -0.39 is 5.92 Å². The summed E-state index contributed by atoms with van der Waals surface area (Å²) in [6.07, 6.45) is 2.69. The van der Waals surface area contributed by atoms with Crippen LogP contribution in [-0.2, 0) is 16.0 Å². The second-order valence-corrected chi connectivity index (χ2v) is 6.44. The van der Waals surface area contributed by atoms with Gasteiger partial charge in [-0.15, -0.1) is 0 Å². The van der Waals surface area contributed by atoms with Crippen molar-refractivity contribution in [3.8, 4) is 5.75 Å². The van der Waals surface area contributed by atoms with E-state index >= 15 is 0 Å². The lowest BCUT2D eigenvalue weighted by molar-refractivity contribution is -0.126. The van der Waals surface area contributed by atoms with E-state index in [1.54, 1.807) is 18.2 Å². The first-order valence-electron chi connectivity index (χ1n) is 8.97. The van der Waals surface area contributed by atoms with Crippen molar-refractivity contribution in [2.75, 3.05) is 18.6 Å². The molecule has 1 unspecified atom stereocenters. The first kappa shape index (κ1) is 18.6. The molecule has 0 saturated carbocycles. The maximum absolute atomic E-state index is 12.4. The van der Waals surface area contributed by atoms with Gasteiger partial charge < -0.3 is 9.64 Å². The van der Waals surface area contributed by atoms with Crippen molar-refractivity contribution >= 4 is 23.7 Å². The lowest BCUT2D eigenvalue weighted by Crippen LogP contribution is -2.30. The molecule has 1 aliphatic rings. The average molecular weight is 365 g/mol. The van der Waals surface area contributed by atoms with E-state index in [-0.39, 0.29) is 18.2 Å². The number of carbonyl (C=O) groups excluding carboxylic acids is 2. The molecule has 3 rings (SSSR count). The molecule has 2 amide bonds. The van der Waals surface area contributed by atoms with Gasteiger partial charge in [-0.2, -0.15) is 5.10 Å². The fraction of sp³-hybridized carbons (Fsp3) is 0.286. The van der Waals surface area contributed by atoms with Crippen molar-refractivity contribution in [3.05, 3.63) is 59.7 Å².